The third kappa shape index (κ3) is 3.44. The summed E-state index contributed by atoms with van der Waals surface area (Å²) in [4.78, 5) is 11.1. The summed E-state index contributed by atoms with van der Waals surface area (Å²) in [6.45, 7) is 2.94. The Morgan fingerprint density at radius 1 is 1.16 bits per heavy atom. The van der Waals surface area contributed by atoms with Crippen LogP contribution in [0.5, 0.6) is 0 Å². The molecule has 1 aromatic carbocycles. The molecule has 0 amide bonds. The number of H-pyrrole nitrogens is 1. The number of hydrogen-bond donors (Lipinski definition) is 2. The Morgan fingerprint density at radius 2 is 2.00 bits per heavy atom. The van der Waals surface area contributed by atoms with Crippen LogP contribution < -0.4 is 10.2 Å². The second-order valence-electron chi connectivity index (χ2n) is 6.23. The highest BCUT2D eigenvalue weighted by atomic mass is 35.5. The summed E-state index contributed by atoms with van der Waals surface area (Å²) in [5, 5.41) is 11.1. The molecule has 7 heteroatoms. The van der Waals surface area contributed by atoms with Gasteiger partial charge in [-0.1, -0.05) is 23.7 Å². The van der Waals surface area contributed by atoms with Gasteiger partial charge in [-0.2, -0.15) is 5.10 Å². The van der Waals surface area contributed by atoms with Gasteiger partial charge in [0.05, 0.1) is 6.04 Å². The largest absolute Gasteiger partial charge is 0.349 e. The predicted octanol–water partition coefficient (Wildman–Crippen LogP) is 4.25. The van der Waals surface area contributed by atoms with Crippen molar-refractivity contribution in [3.63, 3.8) is 0 Å². The lowest BCUT2D eigenvalue weighted by molar-refractivity contribution is 0.711. The van der Waals surface area contributed by atoms with E-state index in [4.69, 9.17) is 11.6 Å². The number of rotatable bonds is 4. The third-order valence-corrected chi connectivity index (χ3v) is 4.67. The Kier molecular flexibility index (Phi) is 4.28. The maximum atomic E-state index is 6.02. The van der Waals surface area contributed by atoms with Crippen LogP contribution >= 0.6 is 11.6 Å². The Bertz CT molecular complexity index is 860. The van der Waals surface area contributed by atoms with Crippen LogP contribution in [0.1, 0.15) is 30.1 Å². The zero-order valence-corrected chi connectivity index (χ0v) is 14.7. The number of aromatic nitrogens is 4. The maximum Gasteiger partial charge on any atom is 0.153 e. The highest BCUT2D eigenvalue weighted by molar-refractivity contribution is 6.30. The predicted molar refractivity (Wildman–Crippen MR) is 99.4 cm³/mol. The van der Waals surface area contributed by atoms with Crippen LogP contribution in [0.2, 0.25) is 5.02 Å². The van der Waals surface area contributed by atoms with E-state index in [9.17, 15) is 0 Å². The van der Waals surface area contributed by atoms with E-state index in [1.165, 1.54) is 5.56 Å². The highest BCUT2D eigenvalue weighted by Gasteiger charge is 2.27. The van der Waals surface area contributed by atoms with E-state index in [0.717, 1.165) is 47.6 Å². The van der Waals surface area contributed by atoms with E-state index >= 15 is 0 Å². The van der Waals surface area contributed by atoms with Gasteiger partial charge in [-0.3, -0.25) is 5.10 Å². The fraction of sp³-hybridized carbons (Fsp3) is 0.278. The van der Waals surface area contributed by atoms with Gasteiger partial charge >= 0.3 is 0 Å². The normalized spacial score (nSPS) is 17.0. The molecule has 1 unspecified atom stereocenters. The minimum Gasteiger partial charge on any atom is -0.349 e. The topological polar surface area (TPSA) is 69.7 Å². The van der Waals surface area contributed by atoms with E-state index < -0.39 is 0 Å². The monoisotopic (exact) mass is 354 g/mol. The van der Waals surface area contributed by atoms with Crippen LogP contribution in [0.25, 0.3) is 0 Å². The molecule has 4 rings (SSSR count). The third-order valence-electron chi connectivity index (χ3n) is 4.42. The standard InChI is InChI=1S/C18H19ClN6/c1-12-9-17(24-23-12)22-16-10-18(21-11-20-16)25-8-2-3-15(25)13-4-6-14(19)7-5-13/h4-7,9-11,15H,2-3,8H2,1H3,(H2,20,21,22,23,24). The van der Waals surface area contributed by atoms with Crippen molar-refractivity contribution in [1.29, 1.82) is 0 Å². The number of benzene rings is 1. The molecule has 0 aliphatic carbocycles. The fourth-order valence-electron chi connectivity index (χ4n) is 3.26. The molecule has 0 bridgehead atoms. The summed E-state index contributed by atoms with van der Waals surface area (Å²) >= 11 is 6.02. The molecule has 0 saturated carbocycles. The van der Waals surface area contributed by atoms with Gasteiger partial charge in [-0.25, -0.2) is 9.97 Å². The average Bonchev–Trinajstić information content (AvgIpc) is 3.25. The van der Waals surface area contributed by atoms with Gasteiger partial charge in [-0.05, 0) is 37.5 Å². The first kappa shape index (κ1) is 15.9. The van der Waals surface area contributed by atoms with Crippen LogP contribution in [0.3, 0.4) is 0 Å². The second-order valence-corrected chi connectivity index (χ2v) is 6.66. The molecule has 0 spiro atoms. The van der Waals surface area contributed by atoms with E-state index in [1.807, 2.05) is 31.2 Å². The van der Waals surface area contributed by atoms with E-state index in [0.29, 0.717) is 6.04 Å². The smallest absolute Gasteiger partial charge is 0.153 e. The zero-order chi connectivity index (χ0) is 17.2. The van der Waals surface area contributed by atoms with Crippen LogP contribution in [0.15, 0.2) is 42.7 Å². The lowest BCUT2D eigenvalue weighted by Gasteiger charge is -2.26. The lowest BCUT2D eigenvalue weighted by Crippen LogP contribution is -2.23. The molecule has 128 valence electrons. The van der Waals surface area contributed by atoms with Crippen molar-refractivity contribution in [2.45, 2.75) is 25.8 Å². The lowest BCUT2D eigenvalue weighted by atomic mass is 10.0. The van der Waals surface area contributed by atoms with Gasteiger partial charge in [0.25, 0.3) is 0 Å². The van der Waals surface area contributed by atoms with Gasteiger partial charge in [0.1, 0.15) is 18.0 Å². The van der Waals surface area contributed by atoms with Crippen molar-refractivity contribution in [3.05, 3.63) is 59.0 Å². The molecule has 2 N–H and O–H groups in total. The first-order chi connectivity index (χ1) is 12.2. The van der Waals surface area contributed by atoms with Crippen LogP contribution in [-0.2, 0) is 0 Å². The molecule has 3 aromatic rings. The fourth-order valence-corrected chi connectivity index (χ4v) is 3.38. The van der Waals surface area contributed by atoms with E-state index in [-0.39, 0.29) is 0 Å². The van der Waals surface area contributed by atoms with Crippen molar-refractivity contribution in [2.24, 2.45) is 0 Å². The summed E-state index contributed by atoms with van der Waals surface area (Å²) in [7, 11) is 0. The number of halogens is 1. The molecule has 25 heavy (non-hydrogen) atoms. The number of nitrogens with zero attached hydrogens (tertiary/aromatic N) is 4. The molecule has 2 aromatic heterocycles. The zero-order valence-electron chi connectivity index (χ0n) is 13.9. The first-order valence-electron chi connectivity index (χ1n) is 8.32. The minimum atomic E-state index is 0.313. The molecule has 1 fully saturated rings. The molecular formula is C18H19ClN6. The Hall–Kier alpha value is -2.60. The first-order valence-corrected chi connectivity index (χ1v) is 8.70. The number of hydrogen-bond acceptors (Lipinski definition) is 5. The van der Waals surface area contributed by atoms with Crippen LogP contribution in [-0.4, -0.2) is 26.7 Å². The summed E-state index contributed by atoms with van der Waals surface area (Å²) in [6, 6.07) is 12.3. The number of nitrogens with one attached hydrogen (secondary N) is 2. The van der Waals surface area contributed by atoms with Gasteiger partial charge in [0, 0.05) is 29.4 Å². The Morgan fingerprint density at radius 3 is 2.76 bits per heavy atom. The number of anilines is 3. The van der Waals surface area contributed by atoms with Crippen molar-refractivity contribution in [3.8, 4) is 0 Å². The van der Waals surface area contributed by atoms with Gasteiger partial charge in [0.15, 0.2) is 5.82 Å². The van der Waals surface area contributed by atoms with Gasteiger partial charge in [0.2, 0.25) is 0 Å². The molecule has 1 atom stereocenters. The molecule has 1 aliphatic heterocycles. The molecule has 6 nitrogen and oxygen atoms in total. The maximum absolute atomic E-state index is 6.02. The van der Waals surface area contributed by atoms with Gasteiger partial charge in [-0.15, -0.1) is 0 Å². The van der Waals surface area contributed by atoms with Crippen molar-refractivity contribution in [1.82, 2.24) is 20.2 Å². The number of aromatic amines is 1. The Labute approximate surface area is 151 Å². The van der Waals surface area contributed by atoms with E-state index in [1.54, 1.807) is 6.33 Å². The molecular weight excluding hydrogens is 336 g/mol. The second kappa shape index (κ2) is 6.72. The summed E-state index contributed by atoms with van der Waals surface area (Å²) in [5.41, 5.74) is 2.26. The van der Waals surface area contributed by atoms with E-state index in [2.05, 4.69) is 42.5 Å². The van der Waals surface area contributed by atoms with Gasteiger partial charge < -0.3 is 10.2 Å². The summed E-state index contributed by atoms with van der Waals surface area (Å²) in [5.74, 6) is 2.40. The van der Waals surface area contributed by atoms with Crippen LogP contribution in [0, 0.1) is 6.92 Å². The summed E-state index contributed by atoms with van der Waals surface area (Å²) in [6.07, 6.45) is 3.83. The average molecular weight is 355 g/mol. The van der Waals surface area contributed by atoms with Crippen molar-refractivity contribution < 1.29 is 0 Å². The highest BCUT2D eigenvalue weighted by Crippen LogP contribution is 2.36. The molecule has 3 heterocycles. The number of aryl methyl sites for hydroxylation is 1. The SMILES string of the molecule is Cc1cc(Nc2cc(N3CCCC3c3ccc(Cl)cc3)ncn2)n[nH]1. The Balaban J connectivity index is 1.58. The summed E-state index contributed by atoms with van der Waals surface area (Å²) < 4.78 is 0. The quantitative estimate of drug-likeness (QED) is 0.733. The van der Waals surface area contributed by atoms with Crippen molar-refractivity contribution in [2.75, 3.05) is 16.8 Å². The molecule has 1 aliphatic rings. The molecule has 0 radical (unpaired) electrons. The molecule has 1 saturated heterocycles. The van der Waals surface area contributed by atoms with Crippen LogP contribution in [0.4, 0.5) is 17.5 Å². The van der Waals surface area contributed by atoms with Crippen molar-refractivity contribution >= 4 is 29.1 Å². The minimum absolute atomic E-state index is 0.313.